The summed E-state index contributed by atoms with van der Waals surface area (Å²) in [6, 6.07) is 11.5. The predicted octanol–water partition coefficient (Wildman–Crippen LogP) is 6.76. The average Bonchev–Trinajstić information content (AvgIpc) is 3.12. The molecule has 0 bridgehead atoms. The Hall–Kier alpha value is -3.93. The molecule has 50 heavy (non-hydrogen) atoms. The van der Waals surface area contributed by atoms with Crippen LogP contribution in [0.5, 0.6) is 11.5 Å². The third-order valence-corrected chi connectivity index (χ3v) is 10.2. The van der Waals surface area contributed by atoms with E-state index in [1.165, 1.54) is 18.1 Å². The van der Waals surface area contributed by atoms with E-state index in [1.54, 1.807) is 38.2 Å². The molecule has 11 heteroatoms. The van der Waals surface area contributed by atoms with Gasteiger partial charge in [-0.15, -0.1) is 6.58 Å². The zero-order valence-corrected chi connectivity index (χ0v) is 29.4. The fraction of sp³-hybridized carbons (Fsp3) is 0.538. The van der Waals surface area contributed by atoms with E-state index in [-0.39, 0.29) is 63.0 Å². The van der Waals surface area contributed by atoms with E-state index in [9.17, 15) is 19.4 Å². The summed E-state index contributed by atoms with van der Waals surface area (Å²) in [5, 5.41) is 24.0. The summed E-state index contributed by atoms with van der Waals surface area (Å²) < 4.78 is 40.0. The molecule has 6 atom stereocenters. The summed E-state index contributed by atoms with van der Waals surface area (Å²) >= 11 is 0. The molecule has 2 N–H and O–H groups in total. The number of carbonyl (C=O) groups excluding carboxylic acids is 1. The van der Waals surface area contributed by atoms with Crippen LogP contribution in [0.25, 0.3) is 0 Å². The van der Waals surface area contributed by atoms with Gasteiger partial charge in [-0.25, -0.2) is 9.18 Å². The second-order valence-electron chi connectivity index (χ2n) is 13.1. The number of allylic oxidation sites excluding steroid dienone is 1. The minimum absolute atomic E-state index is 0.0543. The Morgan fingerprint density at radius 1 is 1.14 bits per heavy atom. The summed E-state index contributed by atoms with van der Waals surface area (Å²) in [4.78, 5) is 20.3. The van der Waals surface area contributed by atoms with E-state index in [4.69, 9.17) is 23.8 Å². The number of oxime groups is 1. The molecule has 2 aromatic carbocycles. The van der Waals surface area contributed by atoms with Crippen molar-refractivity contribution in [2.24, 2.45) is 22.9 Å². The molecule has 6 unspecified atom stereocenters. The summed E-state index contributed by atoms with van der Waals surface area (Å²) in [6.45, 7) is 6.31. The van der Waals surface area contributed by atoms with E-state index in [0.717, 1.165) is 36.8 Å². The van der Waals surface area contributed by atoms with Crippen molar-refractivity contribution in [3.63, 3.8) is 0 Å². The van der Waals surface area contributed by atoms with Gasteiger partial charge in [0.1, 0.15) is 37.1 Å². The standard InChI is InChI=1S/C39H51FN2O8/c1-5-21-49-39-35(42(3)38(45)47-6-2)24-33(41-46-4)30-22-26(13-9-11-19-43)29(15-10-12-20-44)36(37(30)39)31-23-28(17-18-34(31)50-39)48-25-27-14-7-8-16-32(27)40/h5,7-8,14,16-18,22-23,26,29,35-37,43-44H,1,6,9-13,15,19-21,24-25H2,2-4H3. The maximum absolute atomic E-state index is 14.5. The Labute approximate surface area is 294 Å². The highest BCUT2D eigenvalue weighted by Gasteiger charge is 2.65. The molecule has 10 nitrogen and oxygen atoms in total. The number of aliphatic hydroxyl groups excluding tert-OH is 2. The Morgan fingerprint density at radius 2 is 1.90 bits per heavy atom. The average molecular weight is 695 g/mol. The number of carbonyl (C=O) groups is 1. The van der Waals surface area contributed by atoms with E-state index in [2.05, 4.69) is 17.8 Å². The fourth-order valence-electron chi connectivity index (χ4n) is 8.06. The van der Waals surface area contributed by atoms with Crippen molar-refractivity contribution in [3.05, 3.63) is 83.7 Å². The highest BCUT2D eigenvalue weighted by Crippen LogP contribution is 2.61. The number of hydrogen-bond acceptors (Lipinski definition) is 9. The first kappa shape index (κ1) is 37.3. The molecular weight excluding hydrogens is 643 g/mol. The zero-order valence-electron chi connectivity index (χ0n) is 29.4. The van der Waals surface area contributed by atoms with Gasteiger partial charge >= 0.3 is 6.09 Å². The number of aliphatic hydroxyl groups is 2. The van der Waals surface area contributed by atoms with Crippen LogP contribution in [0.15, 0.2) is 71.9 Å². The van der Waals surface area contributed by atoms with Crippen molar-refractivity contribution >= 4 is 11.8 Å². The topological polar surface area (TPSA) is 119 Å². The molecule has 2 aliphatic carbocycles. The van der Waals surface area contributed by atoms with Gasteiger partial charge in [0.15, 0.2) is 0 Å². The van der Waals surface area contributed by atoms with Gasteiger partial charge in [-0.05, 0) is 74.3 Å². The first-order valence-corrected chi connectivity index (χ1v) is 17.7. The number of ether oxygens (including phenoxy) is 4. The van der Waals surface area contributed by atoms with E-state index in [0.29, 0.717) is 35.6 Å². The quantitative estimate of drug-likeness (QED) is 0.106. The van der Waals surface area contributed by atoms with Crippen LogP contribution in [0.2, 0.25) is 0 Å². The van der Waals surface area contributed by atoms with Crippen LogP contribution in [-0.2, 0) is 20.9 Å². The number of nitrogens with zero attached hydrogens (tertiary/aromatic N) is 2. The van der Waals surface area contributed by atoms with Crippen molar-refractivity contribution in [2.75, 3.05) is 40.6 Å². The highest BCUT2D eigenvalue weighted by molar-refractivity contribution is 6.02. The Morgan fingerprint density at radius 3 is 2.60 bits per heavy atom. The van der Waals surface area contributed by atoms with E-state index >= 15 is 0 Å². The summed E-state index contributed by atoms with van der Waals surface area (Å²) in [7, 11) is 3.20. The second-order valence-corrected chi connectivity index (χ2v) is 13.1. The largest absolute Gasteiger partial charge is 0.489 e. The number of halogens is 1. The van der Waals surface area contributed by atoms with Gasteiger partial charge < -0.3 is 38.9 Å². The predicted molar refractivity (Wildman–Crippen MR) is 187 cm³/mol. The van der Waals surface area contributed by atoms with Gasteiger partial charge in [0, 0.05) is 43.7 Å². The fourth-order valence-corrected chi connectivity index (χ4v) is 8.06. The molecule has 0 saturated heterocycles. The lowest BCUT2D eigenvalue weighted by atomic mass is 9.55. The maximum atomic E-state index is 14.5. The molecule has 5 rings (SSSR count). The van der Waals surface area contributed by atoms with Crippen LogP contribution in [-0.4, -0.2) is 79.3 Å². The molecule has 0 spiro atoms. The van der Waals surface area contributed by atoms with Crippen molar-refractivity contribution < 1.29 is 43.2 Å². The Bertz CT molecular complexity index is 1530. The van der Waals surface area contributed by atoms with Gasteiger partial charge in [-0.3, -0.25) is 0 Å². The molecule has 1 amide bonds. The number of rotatable bonds is 17. The number of benzene rings is 2. The molecule has 272 valence electrons. The third kappa shape index (κ3) is 7.70. The normalized spacial score (nSPS) is 25.8. The number of fused-ring (bicyclic) bond motifs is 2. The van der Waals surface area contributed by atoms with Gasteiger partial charge in [0.2, 0.25) is 5.79 Å². The first-order chi connectivity index (χ1) is 24.3. The second kappa shape index (κ2) is 17.3. The number of hydrogen-bond donors (Lipinski definition) is 2. The molecule has 1 fully saturated rings. The number of amides is 1. The van der Waals surface area contributed by atoms with Gasteiger partial charge in [-0.1, -0.05) is 48.3 Å². The number of unbranched alkanes of at least 4 members (excludes halogenated alkanes) is 2. The molecule has 0 aromatic heterocycles. The smallest absolute Gasteiger partial charge is 0.409 e. The van der Waals surface area contributed by atoms with Crippen LogP contribution < -0.4 is 9.47 Å². The van der Waals surface area contributed by atoms with Crippen LogP contribution in [0.1, 0.15) is 68.9 Å². The van der Waals surface area contributed by atoms with Crippen LogP contribution >= 0.6 is 0 Å². The SMILES string of the molecule is C=CCOC12Oc3ccc(OCc4ccccc4F)cc3C3C(CCCCO)C(CCCCO)C=C(C(=NOC)CC1N(C)C(=O)OCC)C32. The minimum atomic E-state index is -1.35. The van der Waals surface area contributed by atoms with Crippen LogP contribution in [0, 0.1) is 23.6 Å². The third-order valence-electron chi connectivity index (χ3n) is 10.2. The van der Waals surface area contributed by atoms with Crippen molar-refractivity contribution in [3.8, 4) is 11.5 Å². The Kier molecular flexibility index (Phi) is 12.9. The monoisotopic (exact) mass is 694 g/mol. The van der Waals surface area contributed by atoms with Crippen molar-refractivity contribution in [1.29, 1.82) is 0 Å². The summed E-state index contributed by atoms with van der Waals surface area (Å²) in [6.07, 6.45) is 8.34. The van der Waals surface area contributed by atoms with E-state index < -0.39 is 23.8 Å². The molecular formula is C39H51FN2O8. The van der Waals surface area contributed by atoms with Gasteiger partial charge in [0.25, 0.3) is 0 Å². The molecule has 1 saturated carbocycles. The van der Waals surface area contributed by atoms with Crippen LogP contribution in [0.3, 0.4) is 0 Å². The lowest BCUT2D eigenvalue weighted by molar-refractivity contribution is -0.253. The maximum Gasteiger partial charge on any atom is 0.409 e. The van der Waals surface area contributed by atoms with Gasteiger partial charge in [-0.2, -0.15) is 0 Å². The van der Waals surface area contributed by atoms with E-state index in [1.807, 2.05) is 18.2 Å². The number of likely N-dealkylation sites (N-methyl/N-ethyl adjacent to an activating group) is 1. The zero-order chi connectivity index (χ0) is 35.7. The molecule has 1 aliphatic heterocycles. The lowest BCUT2D eigenvalue weighted by Gasteiger charge is -2.59. The lowest BCUT2D eigenvalue weighted by Crippen LogP contribution is -2.69. The summed E-state index contributed by atoms with van der Waals surface area (Å²) in [5.74, 6) is -0.979. The molecule has 3 aliphatic rings. The minimum Gasteiger partial charge on any atom is -0.489 e. The van der Waals surface area contributed by atoms with Crippen molar-refractivity contribution in [1.82, 2.24) is 4.90 Å². The summed E-state index contributed by atoms with van der Waals surface area (Å²) in [5.41, 5.74) is 3.00. The first-order valence-electron chi connectivity index (χ1n) is 17.7. The van der Waals surface area contributed by atoms with Crippen molar-refractivity contribution in [2.45, 2.75) is 76.2 Å². The van der Waals surface area contributed by atoms with Gasteiger partial charge in [0.05, 0.1) is 24.8 Å². The molecule has 0 radical (unpaired) electrons. The molecule has 2 aromatic rings. The molecule has 1 heterocycles. The van der Waals surface area contributed by atoms with Crippen LogP contribution in [0.4, 0.5) is 9.18 Å². The Balaban J connectivity index is 1.71. The highest BCUT2D eigenvalue weighted by atomic mass is 19.1.